The first-order chi connectivity index (χ1) is 13.0. The second kappa shape index (κ2) is 6.70. The number of rotatable bonds is 4. The van der Waals surface area contributed by atoms with Gasteiger partial charge in [-0.1, -0.05) is 13.0 Å². The van der Waals surface area contributed by atoms with Crippen LogP contribution in [0.5, 0.6) is 5.75 Å². The van der Waals surface area contributed by atoms with E-state index in [9.17, 15) is 14.7 Å². The number of aryl methyl sites for hydroxylation is 1. The zero-order chi connectivity index (χ0) is 19.2. The van der Waals surface area contributed by atoms with Crippen LogP contribution in [0, 0.1) is 17.3 Å². The zero-order valence-electron chi connectivity index (χ0n) is 16.0. The van der Waals surface area contributed by atoms with Gasteiger partial charge in [0.05, 0.1) is 7.11 Å². The third kappa shape index (κ3) is 2.75. The van der Waals surface area contributed by atoms with E-state index in [1.165, 1.54) is 11.1 Å². The molecule has 3 aliphatic rings. The standard InChI is InChI=1S/C22H27NO4/c1-22-10-9-16-15-6-4-14(27-2)11-13(15)3-5-17(16)18(22)7-8-19(22)20(21(25)26)23-12-24/h4,6,11-12,16-18H,3,5,7-10H2,1-2H3,(H,23,24)(H,25,26)/b20-19+/t16-,17-,18+,22+/m1/s1. The molecule has 3 aliphatic carbocycles. The summed E-state index contributed by atoms with van der Waals surface area (Å²) in [5, 5.41) is 12.1. The van der Waals surface area contributed by atoms with E-state index < -0.39 is 5.97 Å². The van der Waals surface area contributed by atoms with Gasteiger partial charge in [0.1, 0.15) is 11.4 Å². The van der Waals surface area contributed by atoms with Crippen molar-refractivity contribution in [2.24, 2.45) is 17.3 Å². The molecule has 0 spiro atoms. The Morgan fingerprint density at radius 1 is 1.30 bits per heavy atom. The summed E-state index contributed by atoms with van der Waals surface area (Å²) in [5.41, 5.74) is 3.77. The van der Waals surface area contributed by atoms with Gasteiger partial charge >= 0.3 is 5.97 Å². The van der Waals surface area contributed by atoms with E-state index in [-0.39, 0.29) is 11.1 Å². The second-order valence-corrected chi connectivity index (χ2v) is 8.40. The zero-order valence-corrected chi connectivity index (χ0v) is 16.0. The Morgan fingerprint density at radius 3 is 2.81 bits per heavy atom. The summed E-state index contributed by atoms with van der Waals surface area (Å²) < 4.78 is 5.39. The number of carbonyl (C=O) groups is 2. The molecule has 2 saturated carbocycles. The number of hydrogen-bond acceptors (Lipinski definition) is 3. The van der Waals surface area contributed by atoms with Crippen LogP contribution < -0.4 is 10.1 Å². The molecule has 0 aliphatic heterocycles. The van der Waals surface area contributed by atoms with Crippen LogP contribution in [0.1, 0.15) is 56.1 Å². The number of amides is 1. The molecule has 0 saturated heterocycles. The van der Waals surface area contributed by atoms with E-state index in [2.05, 4.69) is 30.4 Å². The molecule has 2 fully saturated rings. The first-order valence-electron chi connectivity index (χ1n) is 9.83. The number of carboxylic acid groups (broad SMARTS) is 1. The van der Waals surface area contributed by atoms with Crippen LogP contribution in [0.25, 0.3) is 0 Å². The topological polar surface area (TPSA) is 75.6 Å². The molecule has 2 N–H and O–H groups in total. The van der Waals surface area contributed by atoms with E-state index in [4.69, 9.17) is 4.74 Å². The number of carboxylic acids is 1. The van der Waals surface area contributed by atoms with Gasteiger partial charge in [0.2, 0.25) is 6.41 Å². The molecule has 0 bridgehead atoms. The van der Waals surface area contributed by atoms with Gasteiger partial charge in [0.25, 0.3) is 0 Å². The van der Waals surface area contributed by atoms with Gasteiger partial charge in [-0.15, -0.1) is 0 Å². The number of methoxy groups -OCH3 is 1. The Balaban J connectivity index is 1.69. The summed E-state index contributed by atoms with van der Waals surface area (Å²) in [5.74, 6) is 1.49. The molecule has 4 rings (SSSR count). The largest absolute Gasteiger partial charge is 0.497 e. The molecule has 5 heteroatoms. The van der Waals surface area contributed by atoms with E-state index in [1.54, 1.807) is 7.11 Å². The highest BCUT2D eigenvalue weighted by Gasteiger charge is 2.53. The number of benzene rings is 1. The van der Waals surface area contributed by atoms with E-state index in [0.717, 1.165) is 49.8 Å². The van der Waals surface area contributed by atoms with E-state index in [0.29, 0.717) is 24.2 Å². The summed E-state index contributed by atoms with van der Waals surface area (Å²) in [6, 6.07) is 6.47. The van der Waals surface area contributed by atoms with Crippen LogP contribution in [0.2, 0.25) is 0 Å². The minimum Gasteiger partial charge on any atom is -0.497 e. The van der Waals surface area contributed by atoms with E-state index in [1.807, 2.05) is 0 Å². The van der Waals surface area contributed by atoms with Gasteiger partial charge in [0.15, 0.2) is 0 Å². The van der Waals surface area contributed by atoms with Gasteiger partial charge in [-0.2, -0.15) is 0 Å². The summed E-state index contributed by atoms with van der Waals surface area (Å²) in [6.45, 7) is 2.22. The third-order valence-corrected chi connectivity index (χ3v) is 7.44. The van der Waals surface area contributed by atoms with Crippen LogP contribution in [0.4, 0.5) is 0 Å². The van der Waals surface area contributed by atoms with Crippen LogP contribution in [0.15, 0.2) is 29.5 Å². The molecule has 144 valence electrons. The lowest BCUT2D eigenvalue weighted by molar-refractivity contribution is -0.134. The Labute approximate surface area is 159 Å². The van der Waals surface area contributed by atoms with Crippen LogP contribution >= 0.6 is 0 Å². The van der Waals surface area contributed by atoms with Crippen molar-refractivity contribution >= 4 is 12.4 Å². The fourth-order valence-electron chi connectivity index (χ4n) is 6.25. The number of allylic oxidation sites excluding steroid dienone is 1. The first kappa shape index (κ1) is 18.1. The van der Waals surface area contributed by atoms with E-state index >= 15 is 0 Å². The summed E-state index contributed by atoms with van der Waals surface area (Å²) >= 11 is 0. The number of fused-ring (bicyclic) bond motifs is 5. The molecular formula is C22H27NO4. The molecular weight excluding hydrogens is 342 g/mol. The average Bonchev–Trinajstić information content (AvgIpc) is 3.02. The Hall–Kier alpha value is -2.30. The maximum absolute atomic E-state index is 11.7. The van der Waals surface area contributed by atoms with Crippen LogP contribution in [-0.2, 0) is 16.0 Å². The Bertz CT molecular complexity index is 815. The first-order valence-corrected chi connectivity index (χ1v) is 9.83. The molecule has 1 aromatic carbocycles. The van der Waals surface area contributed by atoms with Crippen molar-refractivity contribution < 1.29 is 19.4 Å². The van der Waals surface area contributed by atoms with Crippen molar-refractivity contribution in [1.29, 1.82) is 0 Å². The summed E-state index contributed by atoms with van der Waals surface area (Å²) in [4.78, 5) is 22.6. The summed E-state index contributed by atoms with van der Waals surface area (Å²) in [7, 11) is 1.71. The Kier molecular flexibility index (Phi) is 4.49. The molecule has 5 nitrogen and oxygen atoms in total. The third-order valence-electron chi connectivity index (χ3n) is 7.44. The van der Waals surface area contributed by atoms with Crippen molar-refractivity contribution in [3.05, 3.63) is 40.6 Å². The minimum absolute atomic E-state index is 0.106. The molecule has 1 amide bonds. The van der Waals surface area contributed by atoms with Gasteiger partial charge in [-0.05, 0) is 90.5 Å². The highest BCUT2D eigenvalue weighted by Crippen LogP contribution is 2.63. The minimum atomic E-state index is -1.03. The lowest BCUT2D eigenvalue weighted by atomic mass is 9.55. The molecule has 0 radical (unpaired) electrons. The van der Waals surface area contributed by atoms with Gasteiger partial charge in [0, 0.05) is 0 Å². The number of hydrogen-bond donors (Lipinski definition) is 2. The number of ether oxygens (including phenoxy) is 1. The molecule has 0 aromatic heterocycles. The molecule has 0 heterocycles. The fraction of sp³-hybridized carbons (Fsp3) is 0.545. The van der Waals surface area contributed by atoms with Crippen LogP contribution in [0.3, 0.4) is 0 Å². The van der Waals surface area contributed by atoms with Crippen molar-refractivity contribution in [2.45, 2.75) is 51.4 Å². The molecule has 4 atom stereocenters. The fourth-order valence-corrected chi connectivity index (χ4v) is 6.25. The number of nitrogens with one attached hydrogen (secondary N) is 1. The van der Waals surface area contributed by atoms with Crippen molar-refractivity contribution in [2.75, 3.05) is 7.11 Å². The van der Waals surface area contributed by atoms with Crippen molar-refractivity contribution in [3.63, 3.8) is 0 Å². The Morgan fingerprint density at radius 2 is 2.11 bits per heavy atom. The number of aliphatic carboxylic acids is 1. The van der Waals surface area contributed by atoms with Gasteiger partial charge in [-0.3, -0.25) is 4.79 Å². The van der Waals surface area contributed by atoms with Crippen molar-refractivity contribution in [1.82, 2.24) is 5.32 Å². The van der Waals surface area contributed by atoms with Gasteiger partial charge < -0.3 is 15.2 Å². The number of carbonyl (C=O) groups excluding carboxylic acids is 1. The molecule has 0 unspecified atom stereocenters. The lowest BCUT2D eigenvalue weighted by Gasteiger charge is -2.49. The highest BCUT2D eigenvalue weighted by molar-refractivity contribution is 5.89. The normalized spacial score (nSPS) is 33.3. The molecule has 1 aromatic rings. The maximum Gasteiger partial charge on any atom is 0.352 e. The quantitative estimate of drug-likeness (QED) is 0.628. The highest BCUT2D eigenvalue weighted by atomic mass is 16.5. The smallest absolute Gasteiger partial charge is 0.352 e. The summed E-state index contributed by atoms with van der Waals surface area (Å²) in [6.07, 6.45) is 6.49. The van der Waals surface area contributed by atoms with Gasteiger partial charge in [-0.25, -0.2) is 4.79 Å². The lowest BCUT2D eigenvalue weighted by Crippen LogP contribution is -2.41. The predicted molar refractivity (Wildman–Crippen MR) is 101 cm³/mol. The predicted octanol–water partition coefficient (Wildman–Crippen LogP) is 3.64. The average molecular weight is 369 g/mol. The second-order valence-electron chi connectivity index (χ2n) is 8.40. The van der Waals surface area contributed by atoms with Crippen LogP contribution in [-0.4, -0.2) is 24.6 Å². The SMILES string of the molecule is COc1ccc2c(c1)CC[C@@H]1[C@@H]2CC[C@]2(C)/C(=C(/NC=O)C(=O)O)CC[C@@H]12. The van der Waals surface area contributed by atoms with Crippen molar-refractivity contribution in [3.8, 4) is 5.75 Å². The molecule has 27 heavy (non-hydrogen) atoms. The monoisotopic (exact) mass is 369 g/mol. The maximum atomic E-state index is 11.7.